The van der Waals surface area contributed by atoms with Gasteiger partial charge in [0.1, 0.15) is 11.6 Å². The van der Waals surface area contributed by atoms with Gasteiger partial charge in [-0.1, -0.05) is 12.1 Å². The van der Waals surface area contributed by atoms with Crippen LogP contribution in [-0.2, 0) is 14.8 Å². The van der Waals surface area contributed by atoms with Crippen molar-refractivity contribution in [3.05, 3.63) is 89.1 Å². The van der Waals surface area contributed by atoms with Crippen LogP contribution >= 0.6 is 0 Å². The van der Waals surface area contributed by atoms with E-state index in [4.69, 9.17) is 10.5 Å². The molecule has 2 aromatic carbocycles. The number of nitrogens with one attached hydrogen (secondary N) is 2. The van der Waals surface area contributed by atoms with Crippen molar-refractivity contribution in [1.82, 2.24) is 24.6 Å². The SMILES string of the molecule is CCN(CC)C(=O)CS(=O)(=O)Nc1cc2[nH]c(C(=O)c3cnn(-c4cnc(Oc5ccccc5F)cc4C)c3N)cc2cc1C. The minimum Gasteiger partial charge on any atom is -0.436 e. The zero-order chi connectivity index (χ0) is 32.5. The van der Waals surface area contributed by atoms with Gasteiger partial charge in [0.2, 0.25) is 27.6 Å². The molecule has 4 N–H and O–H groups in total. The zero-order valence-electron chi connectivity index (χ0n) is 25.1. The lowest BCUT2D eigenvalue weighted by molar-refractivity contribution is -0.128. The van der Waals surface area contributed by atoms with E-state index in [-0.39, 0.29) is 34.4 Å². The molecule has 0 bridgehead atoms. The van der Waals surface area contributed by atoms with Gasteiger partial charge in [0.25, 0.3) is 0 Å². The van der Waals surface area contributed by atoms with Crippen molar-refractivity contribution in [3.8, 4) is 17.3 Å². The van der Waals surface area contributed by atoms with Crippen LogP contribution < -0.4 is 15.2 Å². The number of pyridine rings is 1. The van der Waals surface area contributed by atoms with Crippen LogP contribution in [0.1, 0.15) is 41.0 Å². The van der Waals surface area contributed by atoms with Crippen LogP contribution in [-0.4, -0.2) is 63.6 Å². The second-order valence-electron chi connectivity index (χ2n) is 10.4. The summed E-state index contributed by atoms with van der Waals surface area (Å²) in [6.07, 6.45) is 2.82. The normalized spacial score (nSPS) is 11.5. The average molecular weight is 634 g/mol. The summed E-state index contributed by atoms with van der Waals surface area (Å²) in [7, 11) is -3.98. The molecule has 3 heterocycles. The molecule has 45 heavy (non-hydrogen) atoms. The second kappa shape index (κ2) is 12.4. The number of ether oxygens (including phenoxy) is 1. The van der Waals surface area contributed by atoms with E-state index in [0.29, 0.717) is 40.8 Å². The lowest BCUT2D eigenvalue weighted by Gasteiger charge is -2.19. The number of amides is 1. The Kier molecular flexibility index (Phi) is 8.60. The molecule has 0 unspecified atom stereocenters. The topological polar surface area (TPSA) is 165 Å². The van der Waals surface area contributed by atoms with Crippen LogP contribution in [0.25, 0.3) is 16.6 Å². The number of rotatable bonds is 11. The highest BCUT2D eigenvalue weighted by Gasteiger charge is 2.23. The van der Waals surface area contributed by atoms with Crippen molar-refractivity contribution in [2.45, 2.75) is 27.7 Å². The van der Waals surface area contributed by atoms with Crippen LogP contribution in [0.4, 0.5) is 15.9 Å². The third kappa shape index (κ3) is 6.50. The number of anilines is 2. The molecule has 0 saturated heterocycles. The minimum atomic E-state index is -3.98. The number of halogens is 1. The monoisotopic (exact) mass is 633 g/mol. The molecule has 0 radical (unpaired) electrons. The maximum Gasteiger partial charge on any atom is 0.241 e. The van der Waals surface area contributed by atoms with Gasteiger partial charge in [-0.2, -0.15) is 5.10 Å². The summed E-state index contributed by atoms with van der Waals surface area (Å²) in [5.41, 5.74) is 9.29. The fourth-order valence-corrected chi connectivity index (χ4v) is 6.01. The van der Waals surface area contributed by atoms with E-state index in [2.05, 4.69) is 19.8 Å². The number of aromatic amines is 1. The first-order valence-corrected chi connectivity index (χ1v) is 15.7. The first kappa shape index (κ1) is 31.2. The van der Waals surface area contributed by atoms with Gasteiger partial charge in [0.15, 0.2) is 11.6 Å². The van der Waals surface area contributed by atoms with E-state index in [1.807, 2.05) is 0 Å². The van der Waals surface area contributed by atoms with Gasteiger partial charge in [-0.3, -0.25) is 14.3 Å². The number of para-hydroxylation sites is 1. The fraction of sp³-hybridized carbons (Fsp3) is 0.226. The summed E-state index contributed by atoms with van der Waals surface area (Å²) in [4.78, 5) is 34.6. The van der Waals surface area contributed by atoms with E-state index in [0.717, 1.165) is 0 Å². The number of aromatic nitrogens is 4. The highest BCUT2D eigenvalue weighted by molar-refractivity contribution is 7.93. The molecule has 0 atom stereocenters. The van der Waals surface area contributed by atoms with Gasteiger partial charge in [-0.15, -0.1) is 0 Å². The largest absolute Gasteiger partial charge is 0.436 e. The number of benzene rings is 2. The number of hydrogen-bond donors (Lipinski definition) is 3. The molecule has 12 nitrogen and oxygen atoms in total. The number of aryl methyl sites for hydroxylation is 2. The molecule has 0 aliphatic carbocycles. The molecule has 5 rings (SSSR count). The molecule has 14 heteroatoms. The number of carbonyl (C=O) groups excluding carboxylic acids is 2. The summed E-state index contributed by atoms with van der Waals surface area (Å²) in [6.45, 7) is 7.89. The minimum absolute atomic E-state index is 0.0343. The highest BCUT2D eigenvalue weighted by Crippen LogP contribution is 2.29. The number of fused-ring (bicyclic) bond motifs is 1. The highest BCUT2D eigenvalue weighted by atomic mass is 32.2. The zero-order valence-corrected chi connectivity index (χ0v) is 25.9. The van der Waals surface area contributed by atoms with Crippen molar-refractivity contribution >= 4 is 44.1 Å². The van der Waals surface area contributed by atoms with Crippen molar-refractivity contribution in [1.29, 1.82) is 0 Å². The first-order chi connectivity index (χ1) is 21.4. The molecule has 3 aromatic heterocycles. The van der Waals surface area contributed by atoms with Gasteiger partial charge in [-0.05, 0) is 69.2 Å². The third-order valence-corrected chi connectivity index (χ3v) is 8.45. The van der Waals surface area contributed by atoms with Crippen LogP contribution in [0, 0.1) is 19.7 Å². The molecule has 234 valence electrons. The average Bonchev–Trinajstić information content (AvgIpc) is 3.57. The van der Waals surface area contributed by atoms with Crippen LogP contribution in [0.3, 0.4) is 0 Å². The maximum absolute atomic E-state index is 14.0. The van der Waals surface area contributed by atoms with Gasteiger partial charge in [0, 0.05) is 30.1 Å². The Morgan fingerprint density at radius 1 is 1.07 bits per heavy atom. The number of nitrogen functional groups attached to an aromatic ring is 1. The second-order valence-corrected chi connectivity index (χ2v) is 12.1. The predicted molar refractivity (Wildman–Crippen MR) is 169 cm³/mol. The van der Waals surface area contributed by atoms with Gasteiger partial charge < -0.3 is 20.4 Å². The Morgan fingerprint density at radius 3 is 2.49 bits per heavy atom. The number of sulfonamides is 1. The first-order valence-electron chi connectivity index (χ1n) is 14.1. The molecule has 0 aliphatic heterocycles. The fourth-order valence-electron chi connectivity index (χ4n) is 4.87. The summed E-state index contributed by atoms with van der Waals surface area (Å²) in [6, 6.07) is 12.5. The maximum atomic E-state index is 14.0. The van der Waals surface area contributed by atoms with Gasteiger partial charge in [-0.25, -0.2) is 22.5 Å². The molecule has 0 spiro atoms. The predicted octanol–water partition coefficient (Wildman–Crippen LogP) is 4.72. The Hall–Kier alpha value is -5.24. The summed E-state index contributed by atoms with van der Waals surface area (Å²) < 4.78 is 48.9. The number of nitrogens with two attached hydrogens (primary N) is 1. The van der Waals surface area contributed by atoms with Crippen molar-refractivity contribution in [3.63, 3.8) is 0 Å². The van der Waals surface area contributed by atoms with Crippen molar-refractivity contribution in [2.75, 3.05) is 29.3 Å². The van der Waals surface area contributed by atoms with E-state index >= 15 is 0 Å². The van der Waals surface area contributed by atoms with Gasteiger partial charge in [0.05, 0.1) is 35.0 Å². The molecular weight excluding hydrogens is 601 g/mol. The lowest BCUT2D eigenvalue weighted by Crippen LogP contribution is -2.37. The van der Waals surface area contributed by atoms with E-state index in [1.165, 1.54) is 34.1 Å². The molecule has 0 fully saturated rings. The standard InChI is InChI=1S/C31H32FN7O5S/c1-5-38(6-2)29(40)17-45(42,43)37-23-14-24-20(11-18(23)3)13-25(36-24)30(41)21-15-35-39(31(21)33)26-16-34-28(12-19(26)4)44-27-10-8-7-9-22(27)32/h7-16,36-37H,5-6,17,33H2,1-4H3. The van der Waals surface area contributed by atoms with Crippen molar-refractivity contribution in [2.24, 2.45) is 0 Å². The molecule has 1 amide bonds. The van der Waals surface area contributed by atoms with E-state index in [9.17, 15) is 22.4 Å². The van der Waals surface area contributed by atoms with E-state index < -0.39 is 33.3 Å². The Labute approximate surface area is 259 Å². The molecular formula is C31H32FN7O5S. The molecule has 0 aliphatic rings. The van der Waals surface area contributed by atoms with Crippen LogP contribution in [0.5, 0.6) is 11.6 Å². The lowest BCUT2D eigenvalue weighted by atomic mass is 10.1. The number of hydrogen-bond acceptors (Lipinski definition) is 8. The number of carbonyl (C=O) groups is 2. The quantitative estimate of drug-likeness (QED) is 0.176. The van der Waals surface area contributed by atoms with Crippen LogP contribution in [0.2, 0.25) is 0 Å². The Morgan fingerprint density at radius 2 is 1.80 bits per heavy atom. The summed E-state index contributed by atoms with van der Waals surface area (Å²) >= 11 is 0. The molecule has 5 aromatic rings. The Balaban J connectivity index is 1.37. The van der Waals surface area contributed by atoms with Gasteiger partial charge >= 0.3 is 0 Å². The number of H-pyrrole nitrogens is 1. The Bertz CT molecular complexity index is 2030. The third-order valence-electron chi connectivity index (χ3n) is 7.29. The summed E-state index contributed by atoms with van der Waals surface area (Å²) in [5.74, 6) is -1.83. The smallest absolute Gasteiger partial charge is 0.241 e. The number of ketones is 1. The number of nitrogens with zero attached hydrogens (tertiary/aromatic N) is 4. The van der Waals surface area contributed by atoms with Crippen LogP contribution in [0.15, 0.2) is 60.9 Å². The molecule has 0 saturated carbocycles. The van der Waals surface area contributed by atoms with Crippen molar-refractivity contribution < 1.29 is 27.1 Å². The van der Waals surface area contributed by atoms with E-state index in [1.54, 1.807) is 64.1 Å². The summed E-state index contributed by atoms with van der Waals surface area (Å²) in [5, 5.41) is 4.98.